The minimum Gasteiger partial charge on any atom is -0.480 e. The van der Waals surface area contributed by atoms with E-state index in [-0.39, 0.29) is 12.6 Å². The summed E-state index contributed by atoms with van der Waals surface area (Å²) in [5.74, 6) is -1.73. The predicted octanol–water partition coefficient (Wildman–Crippen LogP) is 0.289. The Morgan fingerprint density at radius 1 is 1.32 bits per heavy atom. The van der Waals surface area contributed by atoms with Crippen LogP contribution in [0.3, 0.4) is 0 Å². The number of nitrogens with one attached hydrogen (secondary N) is 1. The first kappa shape index (κ1) is 15.3. The van der Waals surface area contributed by atoms with Crippen molar-refractivity contribution in [2.45, 2.75) is 51.1 Å². The van der Waals surface area contributed by atoms with E-state index in [9.17, 15) is 14.4 Å². The van der Waals surface area contributed by atoms with Crippen LogP contribution in [0.25, 0.3) is 0 Å². The third-order valence-electron chi connectivity index (χ3n) is 3.31. The first-order valence-corrected chi connectivity index (χ1v) is 6.34. The molecule has 1 aliphatic rings. The molecule has 4 N–H and O–H groups in total. The highest BCUT2D eigenvalue weighted by molar-refractivity contribution is 5.88. The smallest absolute Gasteiger partial charge is 0.328 e. The lowest BCUT2D eigenvalue weighted by atomic mass is 10.1. The Bertz CT molecular complexity index is 375. The van der Waals surface area contributed by atoms with Crippen LogP contribution in [0, 0.1) is 0 Å². The van der Waals surface area contributed by atoms with Crippen molar-refractivity contribution in [1.82, 2.24) is 10.2 Å². The monoisotopic (exact) mass is 271 g/mol. The molecule has 0 aliphatic heterocycles. The van der Waals surface area contributed by atoms with E-state index < -0.39 is 23.4 Å². The highest BCUT2D eigenvalue weighted by Gasteiger charge is 2.34. The fraction of sp³-hybridized carbons (Fsp3) is 0.750. The second-order valence-electron chi connectivity index (χ2n) is 5.39. The number of carboxylic acids is 1. The van der Waals surface area contributed by atoms with Crippen LogP contribution in [0.4, 0.5) is 4.79 Å². The van der Waals surface area contributed by atoms with E-state index in [0.29, 0.717) is 0 Å². The van der Waals surface area contributed by atoms with Gasteiger partial charge in [0.15, 0.2) is 0 Å². The third kappa shape index (κ3) is 4.11. The quantitative estimate of drug-likeness (QED) is 0.667. The number of carbonyl (C=O) groups is 3. The van der Waals surface area contributed by atoms with Crippen LogP contribution in [0.5, 0.6) is 0 Å². The molecule has 0 aromatic carbocycles. The largest absolute Gasteiger partial charge is 0.480 e. The topological polar surface area (TPSA) is 113 Å². The summed E-state index contributed by atoms with van der Waals surface area (Å²) >= 11 is 0. The Hall–Kier alpha value is -1.79. The van der Waals surface area contributed by atoms with Gasteiger partial charge >= 0.3 is 12.0 Å². The van der Waals surface area contributed by atoms with Crippen LogP contribution >= 0.6 is 0 Å². The van der Waals surface area contributed by atoms with Crippen molar-refractivity contribution in [2.24, 2.45) is 5.73 Å². The van der Waals surface area contributed by atoms with E-state index in [1.165, 1.54) is 18.7 Å². The third-order valence-corrected chi connectivity index (χ3v) is 3.31. The molecule has 0 heterocycles. The number of aliphatic carboxylic acids is 1. The Kier molecular flexibility index (Phi) is 4.74. The maximum Gasteiger partial charge on any atom is 0.328 e. The lowest BCUT2D eigenvalue weighted by Gasteiger charge is -2.31. The van der Waals surface area contributed by atoms with Gasteiger partial charge in [-0.3, -0.25) is 4.79 Å². The molecular weight excluding hydrogens is 250 g/mol. The standard InChI is InChI=1S/C12H21N3O4/c1-12(2,10(17)18)14-11(19)15(7-9(13)16)8-5-3-4-6-8/h8H,3-7H2,1-2H3,(H2,13,16)(H,14,19)(H,17,18). The molecule has 0 radical (unpaired) electrons. The predicted molar refractivity (Wildman–Crippen MR) is 68.4 cm³/mol. The van der Waals surface area contributed by atoms with Gasteiger partial charge in [0, 0.05) is 6.04 Å². The summed E-state index contributed by atoms with van der Waals surface area (Å²) in [5, 5.41) is 11.4. The van der Waals surface area contributed by atoms with Crippen LogP contribution < -0.4 is 11.1 Å². The van der Waals surface area contributed by atoms with E-state index >= 15 is 0 Å². The molecule has 3 amide bonds. The molecule has 0 bridgehead atoms. The number of nitrogens with zero attached hydrogens (tertiary/aromatic N) is 1. The average molecular weight is 271 g/mol. The zero-order valence-electron chi connectivity index (χ0n) is 11.3. The summed E-state index contributed by atoms with van der Waals surface area (Å²) in [6, 6.07) is -0.602. The van der Waals surface area contributed by atoms with Crippen LogP contribution in [0.15, 0.2) is 0 Å². The zero-order chi connectivity index (χ0) is 14.6. The van der Waals surface area contributed by atoms with Crippen molar-refractivity contribution in [2.75, 3.05) is 6.54 Å². The van der Waals surface area contributed by atoms with Gasteiger partial charge in [-0.2, -0.15) is 0 Å². The van der Waals surface area contributed by atoms with Gasteiger partial charge in [-0.25, -0.2) is 9.59 Å². The highest BCUT2D eigenvalue weighted by Crippen LogP contribution is 2.23. The maximum absolute atomic E-state index is 12.1. The molecule has 0 saturated heterocycles. The zero-order valence-corrected chi connectivity index (χ0v) is 11.3. The van der Waals surface area contributed by atoms with Gasteiger partial charge in [0.25, 0.3) is 0 Å². The van der Waals surface area contributed by atoms with E-state index in [0.717, 1.165) is 25.7 Å². The Morgan fingerprint density at radius 2 is 1.84 bits per heavy atom. The average Bonchev–Trinajstić information content (AvgIpc) is 2.77. The summed E-state index contributed by atoms with van der Waals surface area (Å²) < 4.78 is 0. The van der Waals surface area contributed by atoms with Gasteiger partial charge in [-0.1, -0.05) is 12.8 Å². The summed E-state index contributed by atoms with van der Waals surface area (Å²) in [6.45, 7) is 2.60. The molecule has 0 unspecified atom stereocenters. The molecule has 0 aromatic rings. The molecule has 108 valence electrons. The lowest BCUT2D eigenvalue weighted by Crippen LogP contribution is -2.57. The summed E-state index contributed by atoms with van der Waals surface area (Å²) in [5.41, 5.74) is 3.76. The molecule has 1 fully saturated rings. The number of carboxylic acid groups (broad SMARTS) is 1. The SMILES string of the molecule is CC(C)(NC(=O)N(CC(N)=O)C1CCCC1)C(=O)O. The number of nitrogens with two attached hydrogens (primary N) is 1. The number of urea groups is 1. The summed E-state index contributed by atoms with van der Waals surface area (Å²) in [6.07, 6.45) is 3.62. The first-order chi connectivity index (χ1) is 8.74. The number of amides is 3. The highest BCUT2D eigenvalue weighted by atomic mass is 16.4. The van der Waals surface area contributed by atoms with Crippen molar-refractivity contribution >= 4 is 17.9 Å². The summed E-state index contributed by atoms with van der Waals surface area (Å²) in [4.78, 5) is 35.5. The maximum atomic E-state index is 12.1. The summed E-state index contributed by atoms with van der Waals surface area (Å²) in [7, 11) is 0. The lowest BCUT2D eigenvalue weighted by molar-refractivity contribution is -0.143. The number of hydrogen-bond acceptors (Lipinski definition) is 3. The van der Waals surface area contributed by atoms with Gasteiger partial charge in [0.05, 0.1) is 0 Å². The molecule has 0 atom stereocenters. The van der Waals surface area contributed by atoms with Crippen molar-refractivity contribution in [3.63, 3.8) is 0 Å². The van der Waals surface area contributed by atoms with Crippen LogP contribution in [0.2, 0.25) is 0 Å². The van der Waals surface area contributed by atoms with Crippen molar-refractivity contribution in [1.29, 1.82) is 0 Å². The minimum absolute atomic E-state index is 0.0444. The van der Waals surface area contributed by atoms with Crippen LogP contribution in [0.1, 0.15) is 39.5 Å². The van der Waals surface area contributed by atoms with Gasteiger partial charge in [0.1, 0.15) is 12.1 Å². The Balaban J connectivity index is 2.76. The molecule has 1 saturated carbocycles. The van der Waals surface area contributed by atoms with Crippen molar-refractivity contribution in [3.05, 3.63) is 0 Å². The molecular formula is C12H21N3O4. The second kappa shape index (κ2) is 5.90. The fourth-order valence-corrected chi connectivity index (χ4v) is 2.14. The number of hydrogen-bond donors (Lipinski definition) is 3. The van der Waals surface area contributed by atoms with Gasteiger partial charge in [0.2, 0.25) is 5.91 Å². The van der Waals surface area contributed by atoms with Gasteiger partial charge in [-0.05, 0) is 26.7 Å². The van der Waals surface area contributed by atoms with E-state index in [1.54, 1.807) is 0 Å². The van der Waals surface area contributed by atoms with E-state index in [2.05, 4.69) is 5.32 Å². The van der Waals surface area contributed by atoms with E-state index in [4.69, 9.17) is 10.8 Å². The molecule has 19 heavy (non-hydrogen) atoms. The van der Waals surface area contributed by atoms with Crippen molar-refractivity contribution < 1.29 is 19.5 Å². The molecule has 1 aliphatic carbocycles. The molecule has 0 spiro atoms. The van der Waals surface area contributed by atoms with Crippen molar-refractivity contribution in [3.8, 4) is 0 Å². The second-order valence-corrected chi connectivity index (χ2v) is 5.39. The minimum atomic E-state index is -1.38. The van der Waals surface area contributed by atoms with E-state index in [1.807, 2.05) is 0 Å². The molecule has 7 nitrogen and oxygen atoms in total. The first-order valence-electron chi connectivity index (χ1n) is 6.34. The fourth-order valence-electron chi connectivity index (χ4n) is 2.14. The normalized spacial score (nSPS) is 16.1. The number of rotatable bonds is 5. The number of primary amides is 1. The number of carbonyl (C=O) groups excluding carboxylic acids is 2. The Labute approximate surface area is 112 Å². The molecule has 1 rings (SSSR count). The van der Waals surface area contributed by atoms with Gasteiger partial charge < -0.3 is 21.1 Å². The van der Waals surface area contributed by atoms with Crippen LogP contribution in [-0.4, -0.2) is 46.0 Å². The Morgan fingerprint density at radius 3 is 2.26 bits per heavy atom. The van der Waals surface area contributed by atoms with Gasteiger partial charge in [-0.15, -0.1) is 0 Å². The van der Waals surface area contributed by atoms with Crippen LogP contribution in [-0.2, 0) is 9.59 Å². The molecule has 7 heteroatoms. The molecule has 0 aromatic heterocycles.